The van der Waals surface area contributed by atoms with E-state index in [0.717, 1.165) is 16.8 Å². The van der Waals surface area contributed by atoms with Crippen molar-refractivity contribution in [3.63, 3.8) is 0 Å². The summed E-state index contributed by atoms with van der Waals surface area (Å²) in [5.74, 6) is 1.33. The number of nitrogens with zero attached hydrogens (tertiary/aromatic N) is 3. The maximum absolute atomic E-state index is 13.0. The van der Waals surface area contributed by atoms with Crippen molar-refractivity contribution in [2.45, 2.75) is 32.0 Å². The lowest BCUT2D eigenvalue weighted by Gasteiger charge is -2.32. The number of amides is 2. The molecule has 1 saturated heterocycles. The van der Waals surface area contributed by atoms with E-state index in [-0.39, 0.29) is 31.0 Å². The second kappa shape index (κ2) is 9.82. The molecule has 1 aliphatic rings. The van der Waals surface area contributed by atoms with Crippen LogP contribution < -0.4 is 10.1 Å². The topological polar surface area (TPSA) is 89.6 Å². The molecule has 8 nitrogen and oxygen atoms in total. The van der Waals surface area contributed by atoms with Crippen molar-refractivity contribution >= 4 is 22.8 Å². The van der Waals surface area contributed by atoms with Crippen molar-refractivity contribution in [2.24, 2.45) is 0 Å². The van der Waals surface area contributed by atoms with Gasteiger partial charge in [0.25, 0.3) is 5.91 Å². The molecule has 0 spiro atoms. The minimum Gasteiger partial charge on any atom is -0.486 e. The Hall–Kier alpha value is -4.07. The summed E-state index contributed by atoms with van der Waals surface area (Å²) >= 11 is 0. The van der Waals surface area contributed by atoms with Gasteiger partial charge in [-0.15, -0.1) is 0 Å². The van der Waals surface area contributed by atoms with Gasteiger partial charge in [0.1, 0.15) is 31.0 Å². The molecule has 2 aromatic heterocycles. The van der Waals surface area contributed by atoms with Crippen LogP contribution >= 0.6 is 0 Å². The fraction of sp³-hybridized carbons (Fsp3) is 0.269. The number of furan rings is 1. The van der Waals surface area contributed by atoms with Crippen LogP contribution in [0, 0.1) is 0 Å². The van der Waals surface area contributed by atoms with Crippen molar-refractivity contribution in [3.05, 3.63) is 84.6 Å². The fourth-order valence-corrected chi connectivity index (χ4v) is 4.29. The number of fused-ring (bicyclic) bond motifs is 1. The second-order valence-corrected chi connectivity index (χ2v) is 8.35. The average molecular weight is 459 g/mol. The molecule has 0 atom stereocenters. The molecule has 3 heterocycles. The lowest BCUT2D eigenvalue weighted by molar-refractivity contribution is -0.122. The number of carbonyl (C=O) groups excluding carboxylic acids is 2. The van der Waals surface area contributed by atoms with Crippen molar-refractivity contribution in [1.82, 2.24) is 19.8 Å². The second-order valence-electron chi connectivity index (χ2n) is 8.35. The summed E-state index contributed by atoms with van der Waals surface area (Å²) in [5, 5.41) is 3.13. The lowest BCUT2D eigenvalue weighted by atomic mass is 10.0. The van der Waals surface area contributed by atoms with Crippen molar-refractivity contribution in [2.75, 3.05) is 13.1 Å². The summed E-state index contributed by atoms with van der Waals surface area (Å²) in [7, 11) is 0. The van der Waals surface area contributed by atoms with Crippen LogP contribution in [0.25, 0.3) is 11.0 Å². The summed E-state index contributed by atoms with van der Waals surface area (Å²) in [6.07, 6.45) is 4.39. The van der Waals surface area contributed by atoms with Crippen molar-refractivity contribution in [1.29, 1.82) is 0 Å². The van der Waals surface area contributed by atoms with E-state index in [1.807, 2.05) is 59.2 Å². The third kappa shape index (κ3) is 4.80. The molecule has 174 valence electrons. The fourth-order valence-electron chi connectivity index (χ4n) is 4.29. The van der Waals surface area contributed by atoms with E-state index in [4.69, 9.17) is 9.15 Å². The number of carbonyl (C=O) groups is 2. The molecule has 2 amide bonds. The van der Waals surface area contributed by atoms with E-state index in [0.29, 0.717) is 37.3 Å². The lowest BCUT2D eigenvalue weighted by Crippen LogP contribution is -2.47. The van der Waals surface area contributed by atoms with E-state index in [2.05, 4.69) is 10.3 Å². The first-order valence-corrected chi connectivity index (χ1v) is 11.4. The van der Waals surface area contributed by atoms with Crippen LogP contribution in [0.1, 0.15) is 29.0 Å². The molecule has 34 heavy (non-hydrogen) atoms. The van der Waals surface area contributed by atoms with Crippen LogP contribution in [0.5, 0.6) is 5.75 Å². The van der Waals surface area contributed by atoms with E-state index in [1.165, 1.54) is 12.5 Å². The normalized spacial score (nSPS) is 14.3. The highest BCUT2D eigenvalue weighted by atomic mass is 16.5. The zero-order chi connectivity index (χ0) is 23.3. The maximum Gasteiger partial charge on any atom is 0.257 e. The quantitative estimate of drug-likeness (QED) is 0.457. The molecule has 4 aromatic rings. The molecule has 0 radical (unpaired) electrons. The summed E-state index contributed by atoms with van der Waals surface area (Å²) in [6, 6.07) is 19.0. The summed E-state index contributed by atoms with van der Waals surface area (Å²) in [4.78, 5) is 31.9. The van der Waals surface area contributed by atoms with Crippen LogP contribution in [-0.2, 0) is 17.9 Å². The van der Waals surface area contributed by atoms with Gasteiger partial charge in [0.05, 0.1) is 22.9 Å². The number of imidazole rings is 1. The number of aromatic nitrogens is 2. The third-order valence-corrected chi connectivity index (χ3v) is 6.06. The van der Waals surface area contributed by atoms with Crippen LogP contribution in [0.15, 0.2) is 77.6 Å². The zero-order valence-corrected chi connectivity index (χ0v) is 18.7. The minimum absolute atomic E-state index is 0.0275. The Kier molecular flexibility index (Phi) is 6.29. The number of piperidine rings is 1. The van der Waals surface area contributed by atoms with Gasteiger partial charge in [0.15, 0.2) is 0 Å². The van der Waals surface area contributed by atoms with Crippen LogP contribution in [0.2, 0.25) is 0 Å². The molecule has 5 rings (SSSR count). The number of likely N-dealkylation sites (tertiary alicyclic amines) is 1. The highest BCUT2D eigenvalue weighted by Gasteiger charge is 2.25. The number of hydrogen-bond acceptors (Lipinski definition) is 5. The van der Waals surface area contributed by atoms with Gasteiger partial charge in [-0.1, -0.05) is 30.3 Å². The van der Waals surface area contributed by atoms with Crippen molar-refractivity contribution in [3.8, 4) is 5.75 Å². The average Bonchev–Trinajstić information content (AvgIpc) is 3.52. The third-order valence-electron chi connectivity index (χ3n) is 6.06. The van der Waals surface area contributed by atoms with Crippen LogP contribution in [0.4, 0.5) is 0 Å². The Bertz CT molecular complexity index is 1260. The molecule has 0 saturated carbocycles. The van der Waals surface area contributed by atoms with E-state index >= 15 is 0 Å². The molecule has 0 bridgehead atoms. The largest absolute Gasteiger partial charge is 0.486 e. The predicted octanol–water partition coefficient (Wildman–Crippen LogP) is 3.63. The highest BCUT2D eigenvalue weighted by molar-refractivity contribution is 5.93. The minimum atomic E-state index is -0.0799. The first-order chi connectivity index (χ1) is 16.7. The predicted molar refractivity (Wildman–Crippen MR) is 126 cm³/mol. The van der Waals surface area contributed by atoms with Gasteiger partial charge < -0.3 is 23.9 Å². The van der Waals surface area contributed by atoms with Gasteiger partial charge in [-0.3, -0.25) is 9.59 Å². The number of nitrogens with one attached hydrogen (secondary N) is 1. The maximum atomic E-state index is 13.0. The van der Waals surface area contributed by atoms with E-state index in [9.17, 15) is 9.59 Å². The summed E-state index contributed by atoms with van der Waals surface area (Å²) in [6.45, 7) is 1.61. The standard InChI is InChI=1S/C26H26N4O4/c31-25(27-20-10-13-29(14-11-20)26(32)19-12-15-33-17-19)16-30-23-9-5-4-8-22(23)28-24(30)18-34-21-6-2-1-3-7-21/h1-9,12,15,17,20H,10-11,13-14,16,18H2,(H,27,31). The Balaban J connectivity index is 1.22. The number of benzene rings is 2. The van der Waals surface area contributed by atoms with Crippen molar-refractivity contribution < 1.29 is 18.7 Å². The zero-order valence-electron chi connectivity index (χ0n) is 18.7. The Morgan fingerprint density at radius 1 is 1.03 bits per heavy atom. The van der Waals surface area contributed by atoms with Crippen LogP contribution in [0.3, 0.4) is 0 Å². The summed E-state index contributed by atoms with van der Waals surface area (Å²) < 4.78 is 12.8. The molecule has 1 fully saturated rings. The molecule has 8 heteroatoms. The van der Waals surface area contributed by atoms with Gasteiger partial charge >= 0.3 is 0 Å². The molecule has 2 aromatic carbocycles. The number of ether oxygens (including phenoxy) is 1. The monoisotopic (exact) mass is 458 g/mol. The Labute approximate surface area is 197 Å². The highest BCUT2D eigenvalue weighted by Crippen LogP contribution is 2.19. The molecule has 0 aliphatic carbocycles. The SMILES string of the molecule is O=C(Cn1c(COc2ccccc2)nc2ccccc21)NC1CCN(C(=O)c2ccoc2)CC1. The first-order valence-electron chi connectivity index (χ1n) is 11.4. The van der Waals surface area contributed by atoms with Gasteiger partial charge in [-0.25, -0.2) is 4.98 Å². The van der Waals surface area contributed by atoms with E-state index in [1.54, 1.807) is 11.0 Å². The molecule has 1 aliphatic heterocycles. The van der Waals surface area contributed by atoms with Gasteiger partial charge in [-0.2, -0.15) is 0 Å². The number of para-hydroxylation sites is 3. The van der Waals surface area contributed by atoms with Gasteiger partial charge in [0.2, 0.25) is 5.91 Å². The smallest absolute Gasteiger partial charge is 0.257 e. The number of hydrogen-bond donors (Lipinski definition) is 1. The van der Waals surface area contributed by atoms with E-state index < -0.39 is 0 Å². The molecular formula is C26H26N4O4. The van der Waals surface area contributed by atoms with Gasteiger partial charge in [0, 0.05) is 19.1 Å². The Morgan fingerprint density at radius 2 is 1.79 bits per heavy atom. The summed E-state index contributed by atoms with van der Waals surface area (Å²) in [5.41, 5.74) is 2.28. The Morgan fingerprint density at radius 3 is 2.56 bits per heavy atom. The van der Waals surface area contributed by atoms with Gasteiger partial charge in [-0.05, 0) is 43.2 Å². The first kappa shape index (κ1) is 21.8. The molecule has 1 N–H and O–H groups in total. The van der Waals surface area contributed by atoms with Crippen LogP contribution in [-0.4, -0.2) is 45.4 Å². The number of rotatable bonds is 7. The molecular weight excluding hydrogens is 432 g/mol. The molecule has 0 unspecified atom stereocenters.